The quantitative estimate of drug-likeness (QED) is 0.618. The lowest BCUT2D eigenvalue weighted by Crippen LogP contribution is -2.02. The Morgan fingerprint density at radius 3 is 2.53 bits per heavy atom. The SMILES string of the molecule is Cc1ccc2c(-c3ccccc3)c(Br)c(=O)oc2c1. The van der Waals surface area contributed by atoms with E-state index in [9.17, 15) is 4.79 Å². The number of hydrogen-bond acceptors (Lipinski definition) is 2. The summed E-state index contributed by atoms with van der Waals surface area (Å²) < 4.78 is 5.80. The fourth-order valence-electron chi connectivity index (χ4n) is 2.17. The molecule has 0 saturated carbocycles. The Morgan fingerprint density at radius 1 is 1.05 bits per heavy atom. The van der Waals surface area contributed by atoms with Crippen molar-refractivity contribution < 1.29 is 4.42 Å². The third-order valence-corrected chi connectivity index (χ3v) is 3.79. The Balaban J connectivity index is 2.46. The molecule has 19 heavy (non-hydrogen) atoms. The average molecular weight is 315 g/mol. The van der Waals surface area contributed by atoms with Crippen LogP contribution >= 0.6 is 15.9 Å². The van der Waals surface area contributed by atoms with Gasteiger partial charge in [-0.25, -0.2) is 4.79 Å². The highest BCUT2D eigenvalue weighted by atomic mass is 79.9. The van der Waals surface area contributed by atoms with Gasteiger partial charge in [0.1, 0.15) is 10.1 Å². The lowest BCUT2D eigenvalue weighted by Gasteiger charge is -2.08. The molecule has 0 aliphatic heterocycles. The topological polar surface area (TPSA) is 30.2 Å². The van der Waals surface area contributed by atoms with Crippen LogP contribution in [0.5, 0.6) is 0 Å². The smallest absolute Gasteiger partial charge is 0.351 e. The van der Waals surface area contributed by atoms with E-state index in [1.54, 1.807) is 0 Å². The first-order valence-electron chi connectivity index (χ1n) is 5.95. The number of fused-ring (bicyclic) bond motifs is 1. The molecule has 3 aromatic rings. The van der Waals surface area contributed by atoms with E-state index in [0.717, 1.165) is 22.1 Å². The minimum absolute atomic E-state index is 0.350. The highest BCUT2D eigenvalue weighted by Crippen LogP contribution is 2.33. The van der Waals surface area contributed by atoms with Crippen LogP contribution in [-0.2, 0) is 0 Å². The zero-order chi connectivity index (χ0) is 13.4. The summed E-state index contributed by atoms with van der Waals surface area (Å²) in [6.07, 6.45) is 0. The number of benzene rings is 2. The first-order valence-corrected chi connectivity index (χ1v) is 6.74. The van der Waals surface area contributed by atoms with Crippen molar-refractivity contribution >= 4 is 26.9 Å². The fourth-order valence-corrected chi connectivity index (χ4v) is 2.70. The second kappa shape index (κ2) is 4.67. The molecule has 0 radical (unpaired) electrons. The maximum Gasteiger partial charge on any atom is 0.351 e. The van der Waals surface area contributed by atoms with E-state index < -0.39 is 0 Å². The van der Waals surface area contributed by atoms with Gasteiger partial charge in [-0.15, -0.1) is 0 Å². The van der Waals surface area contributed by atoms with Gasteiger partial charge < -0.3 is 4.42 Å². The van der Waals surface area contributed by atoms with E-state index in [0.29, 0.717) is 10.1 Å². The average Bonchev–Trinajstić information content (AvgIpc) is 2.41. The maximum atomic E-state index is 11.9. The van der Waals surface area contributed by atoms with Crippen LogP contribution in [0.2, 0.25) is 0 Å². The molecule has 1 heterocycles. The number of hydrogen-bond donors (Lipinski definition) is 0. The van der Waals surface area contributed by atoms with Crippen molar-refractivity contribution in [2.45, 2.75) is 6.92 Å². The van der Waals surface area contributed by atoms with Crippen LogP contribution < -0.4 is 5.63 Å². The second-order valence-corrected chi connectivity index (χ2v) is 5.24. The van der Waals surface area contributed by atoms with E-state index in [4.69, 9.17) is 4.42 Å². The third-order valence-electron chi connectivity index (χ3n) is 3.07. The van der Waals surface area contributed by atoms with Crippen LogP contribution in [0.4, 0.5) is 0 Å². The van der Waals surface area contributed by atoms with Gasteiger partial charge in [0.2, 0.25) is 0 Å². The molecule has 2 nitrogen and oxygen atoms in total. The predicted molar refractivity (Wildman–Crippen MR) is 80.4 cm³/mol. The molecule has 2 aromatic carbocycles. The first-order chi connectivity index (χ1) is 9.16. The molecule has 0 unspecified atom stereocenters. The summed E-state index contributed by atoms with van der Waals surface area (Å²) in [5.74, 6) is 0. The van der Waals surface area contributed by atoms with E-state index >= 15 is 0 Å². The van der Waals surface area contributed by atoms with Crippen molar-refractivity contribution in [1.82, 2.24) is 0 Å². The highest BCUT2D eigenvalue weighted by Gasteiger charge is 2.13. The van der Waals surface area contributed by atoms with Crippen molar-refractivity contribution in [1.29, 1.82) is 0 Å². The Kier molecular flexibility index (Phi) is 2.99. The summed E-state index contributed by atoms with van der Waals surface area (Å²) in [6.45, 7) is 1.98. The van der Waals surface area contributed by atoms with Gasteiger partial charge in [-0.2, -0.15) is 0 Å². The van der Waals surface area contributed by atoms with E-state index in [1.807, 2.05) is 55.5 Å². The standard InChI is InChI=1S/C16H11BrO2/c1-10-7-8-12-13(9-10)19-16(18)15(17)14(12)11-5-3-2-4-6-11/h2-9H,1H3. The maximum absolute atomic E-state index is 11.9. The molecule has 0 aliphatic carbocycles. The molecular formula is C16H11BrO2. The Bertz CT molecular complexity index is 804. The molecule has 0 fully saturated rings. The molecule has 0 atom stereocenters. The van der Waals surface area contributed by atoms with Crippen LogP contribution in [0.25, 0.3) is 22.1 Å². The number of halogens is 1. The Morgan fingerprint density at radius 2 is 1.79 bits per heavy atom. The van der Waals surface area contributed by atoms with Crippen molar-refractivity contribution in [2.24, 2.45) is 0 Å². The summed E-state index contributed by atoms with van der Waals surface area (Å²) in [5, 5.41) is 0.934. The van der Waals surface area contributed by atoms with Crippen molar-refractivity contribution in [3.63, 3.8) is 0 Å². The summed E-state index contributed by atoms with van der Waals surface area (Å²) in [6, 6.07) is 15.7. The van der Waals surface area contributed by atoms with E-state index in [1.165, 1.54) is 0 Å². The zero-order valence-electron chi connectivity index (χ0n) is 10.3. The molecule has 0 aliphatic rings. The molecule has 0 bridgehead atoms. The highest BCUT2D eigenvalue weighted by molar-refractivity contribution is 9.10. The molecule has 1 aromatic heterocycles. The summed E-state index contributed by atoms with van der Waals surface area (Å²) >= 11 is 3.35. The molecule has 94 valence electrons. The minimum Gasteiger partial charge on any atom is -0.422 e. The minimum atomic E-state index is -0.350. The van der Waals surface area contributed by atoms with Gasteiger partial charge in [-0.3, -0.25) is 0 Å². The van der Waals surface area contributed by atoms with Crippen molar-refractivity contribution in [3.05, 3.63) is 69.0 Å². The number of rotatable bonds is 1. The second-order valence-electron chi connectivity index (χ2n) is 4.44. The van der Waals surface area contributed by atoms with Crippen molar-refractivity contribution in [2.75, 3.05) is 0 Å². The lowest BCUT2D eigenvalue weighted by molar-refractivity contribution is 0.557. The van der Waals surface area contributed by atoms with Crippen LogP contribution in [-0.4, -0.2) is 0 Å². The molecule has 0 saturated heterocycles. The fraction of sp³-hybridized carbons (Fsp3) is 0.0625. The van der Waals surface area contributed by atoms with Crippen LogP contribution in [0, 0.1) is 6.92 Å². The van der Waals surface area contributed by atoms with Gasteiger partial charge in [0, 0.05) is 10.9 Å². The first kappa shape index (κ1) is 12.2. The van der Waals surface area contributed by atoms with Gasteiger partial charge in [0.05, 0.1) is 0 Å². The largest absolute Gasteiger partial charge is 0.422 e. The van der Waals surface area contributed by atoms with Crippen molar-refractivity contribution in [3.8, 4) is 11.1 Å². The number of aryl methyl sites for hydroxylation is 1. The third kappa shape index (κ3) is 2.10. The molecule has 0 amide bonds. The lowest BCUT2D eigenvalue weighted by atomic mass is 10.0. The molecule has 3 rings (SSSR count). The van der Waals surface area contributed by atoms with Gasteiger partial charge in [-0.05, 0) is 40.0 Å². The van der Waals surface area contributed by atoms with Crippen LogP contribution in [0.15, 0.2) is 62.2 Å². The summed E-state index contributed by atoms with van der Waals surface area (Å²) in [7, 11) is 0. The molecule has 0 N–H and O–H groups in total. The van der Waals surface area contributed by atoms with Crippen LogP contribution in [0.1, 0.15) is 5.56 Å². The zero-order valence-corrected chi connectivity index (χ0v) is 11.9. The van der Waals surface area contributed by atoms with Crippen LogP contribution in [0.3, 0.4) is 0 Å². The van der Waals surface area contributed by atoms with E-state index in [2.05, 4.69) is 15.9 Å². The van der Waals surface area contributed by atoms with E-state index in [-0.39, 0.29) is 5.63 Å². The van der Waals surface area contributed by atoms with Gasteiger partial charge in [0.25, 0.3) is 0 Å². The summed E-state index contributed by atoms with van der Waals surface area (Å²) in [4.78, 5) is 11.9. The Labute approximate surface area is 118 Å². The van der Waals surface area contributed by atoms with Gasteiger partial charge in [-0.1, -0.05) is 42.5 Å². The monoisotopic (exact) mass is 314 g/mol. The normalized spacial score (nSPS) is 10.8. The Hall–Kier alpha value is -1.87. The van der Waals surface area contributed by atoms with Gasteiger partial charge in [0.15, 0.2) is 0 Å². The molecule has 0 spiro atoms. The predicted octanol–water partition coefficient (Wildman–Crippen LogP) is 4.53. The van der Waals surface area contributed by atoms with Gasteiger partial charge >= 0.3 is 5.63 Å². The molecular weight excluding hydrogens is 304 g/mol. The summed E-state index contributed by atoms with van der Waals surface area (Å²) in [5.41, 5.74) is 3.21. The molecule has 3 heteroatoms.